The first-order valence-corrected chi connectivity index (χ1v) is 8.90. The number of benzene rings is 3. The molecule has 0 heterocycles. The van der Waals surface area contributed by atoms with Gasteiger partial charge in [0.2, 0.25) is 0 Å². The Bertz CT molecular complexity index is 993. The highest BCUT2D eigenvalue weighted by molar-refractivity contribution is 5.95. The molecule has 0 aliphatic rings. The summed E-state index contributed by atoms with van der Waals surface area (Å²) in [7, 11) is 0. The molecule has 29 heavy (non-hydrogen) atoms. The minimum atomic E-state index is -0.639. The molecular weight excluding hydrogens is 370 g/mol. The van der Waals surface area contributed by atoms with Crippen LogP contribution >= 0.6 is 0 Å². The number of carbonyl (C=O) groups excluding carboxylic acids is 3. The van der Waals surface area contributed by atoms with Crippen molar-refractivity contribution in [3.8, 4) is 11.5 Å². The van der Waals surface area contributed by atoms with Crippen LogP contribution < -0.4 is 10.1 Å². The molecule has 146 valence electrons. The highest BCUT2D eigenvalue weighted by Crippen LogP contribution is 2.23. The first-order chi connectivity index (χ1) is 14.0. The van der Waals surface area contributed by atoms with Gasteiger partial charge in [-0.3, -0.25) is 9.59 Å². The number of hydrogen-bond acceptors (Lipinski definition) is 5. The summed E-state index contributed by atoms with van der Waals surface area (Å²) in [4.78, 5) is 34.5. The van der Waals surface area contributed by atoms with Crippen LogP contribution in [0.3, 0.4) is 0 Å². The Labute approximate surface area is 168 Å². The Balaban J connectivity index is 1.49. The first-order valence-electron chi connectivity index (χ1n) is 8.90. The lowest BCUT2D eigenvalue weighted by atomic mass is 10.1. The van der Waals surface area contributed by atoms with Gasteiger partial charge in [-0.25, -0.2) is 4.79 Å². The van der Waals surface area contributed by atoms with E-state index in [1.807, 2.05) is 31.2 Å². The molecule has 0 saturated heterocycles. The summed E-state index contributed by atoms with van der Waals surface area (Å²) in [5, 5.41) is 2.65. The van der Waals surface area contributed by atoms with E-state index in [-0.39, 0.29) is 5.56 Å². The number of aryl methyl sites for hydroxylation is 1. The zero-order chi connectivity index (χ0) is 20.6. The van der Waals surface area contributed by atoms with Crippen LogP contribution in [0.1, 0.15) is 26.3 Å². The fraction of sp³-hybridized carbons (Fsp3) is 0.0870. The lowest BCUT2D eigenvalue weighted by molar-refractivity contribution is -0.119. The van der Waals surface area contributed by atoms with Gasteiger partial charge < -0.3 is 14.8 Å². The monoisotopic (exact) mass is 389 g/mol. The molecule has 0 spiro atoms. The number of amides is 1. The van der Waals surface area contributed by atoms with Crippen molar-refractivity contribution in [3.63, 3.8) is 0 Å². The summed E-state index contributed by atoms with van der Waals surface area (Å²) in [6.07, 6.45) is 0.680. The molecule has 3 rings (SSSR count). The summed E-state index contributed by atoms with van der Waals surface area (Å²) >= 11 is 0. The van der Waals surface area contributed by atoms with Crippen molar-refractivity contribution in [1.82, 2.24) is 0 Å². The summed E-state index contributed by atoms with van der Waals surface area (Å²) < 4.78 is 10.7. The Morgan fingerprint density at radius 1 is 0.862 bits per heavy atom. The van der Waals surface area contributed by atoms with Crippen molar-refractivity contribution < 1.29 is 23.9 Å². The maximum absolute atomic E-state index is 12.0. The van der Waals surface area contributed by atoms with Crippen LogP contribution in [0.4, 0.5) is 5.69 Å². The van der Waals surface area contributed by atoms with E-state index in [9.17, 15) is 14.4 Å². The number of hydrogen-bond donors (Lipinski definition) is 1. The van der Waals surface area contributed by atoms with Gasteiger partial charge in [-0.15, -0.1) is 0 Å². The summed E-state index contributed by atoms with van der Waals surface area (Å²) in [5.41, 5.74) is 2.42. The van der Waals surface area contributed by atoms with E-state index < -0.39 is 18.5 Å². The lowest BCUT2D eigenvalue weighted by Gasteiger charge is -2.09. The van der Waals surface area contributed by atoms with E-state index in [4.69, 9.17) is 9.47 Å². The third-order valence-electron chi connectivity index (χ3n) is 4.01. The van der Waals surface area contributed by atoms with Gasteiger partial charge in [0.15, 0.2) is 6.61 Å². The molecule has 0 aromatic heterocycles. The number of anilines is 1. The van der Waals surface area contributed by atoms with E-state index >= 15 is 0 Å². The van der Waals surface area contributed by atoms with Crippen molar-refractivity contribution in [3.05, 3.63) is 89.5 Å². The van der Waals surface area contributed by atoms with E-state index in [1.54, 1.807) is 24.3 Å². The predicted octanol–water partition coefficient (Wildman–Crippen LogP) is 4.40. The van der Waals surface area contributed by atoms with E-state index in [2.05, 4.69) is 5.32 Å². The fourth-order valence-corrected chi connectivity index (χ4v) is 2.46. The maximum Gasteiger partial charge on any atom is 0.338 e. The smallest absolute Gasteiger partial charge is 0.338 e. The molecule has 0 fully saturated rings. The normalized spacial score (nSPS) is 10.1. The predicted molar refractivity (Wildman–Crippen MR) is 108 cm³/mol. The Morgan fingerprint density at radius 3 is 2.03 bits per heavy atom. The summed E-state index contributed by atoms with van der Waals surface area (Å²) in [6, 6.07) is 20.5. The molecule has 0 bridgehead atoms. The molecule has 1 amide bonds. The minimum absolute atomic E-state index is 0.265. The molecule has 0 saturated carbocycles. The molecule has 3 aromatic rings. The second-order valence-electron chi connectivity index (χ2n) is 6.30. The van der Waals surface area contributed by atoms with E-state index in [0.717, 1.165) is 11.3 Å². The molecule has 0 radical (unpaired) electrons. The quantitative estimate of drug-likeness (QED) is 0.479. The molecule has 0 aliphatic carbocycles. The van der Waals surface area contributed by atoms with E-state index in [1.165, 1.54) is 24.3 Å². The van der Waals surface area contributed by atoms with Gasteiger partial charge in [-0.1, -0.05) is 29.8 Å². The van der Waals surface area contributed by atoms with Gasteiger partial charge in [-0.2, -0.15) is 0 Å². The van der Waals surface area contributed by atoms with Crippen molar-refractivity contribution in [2.45, 2.75) is 6.92 Å². The van der Waals surface area contributed by atoms with Crippen LogP contribution in [0.15, 0.2) is 72.8 Å². The van der Waals surface area contributed by atoms with Crippen LogP contribution in [-0.2, 0) is 9.53 Å². The van der Waals surface area contributed by atoms with Gasteiger partial charge in [0, 0.05) is 11.3 Å². The average molecular weight is 389 g/mol. The molecule has 0 aliphatic heterocycles. The number of carbonyl (C=O) groups is 3. The zero-order valence-corrected chi connectivity index (χ0v) is 15.8. The van der Waals surface area contributed by atoms with Gasteiger partial charge in [0.1, 0.15) is 17.8 Å². The second kappa shape index (κ2) is 9.32. The molecule has 6 heteroatoms. The summed E-state index contributed by atoms with van der Waals surface area (Å²) in [5.74, 6) is 0.257. The third-order valence-corrected chi connectivity index (χ3v) is 4.01. The van der Waals surface area contributed by atoms with Crippen LogP contribution in [0, 0.1) is 6.92 Å². The lowest BCUT2D eigenvalue weighted by Crippen LogP contribution is -2.20. The van der Waals surface area contributed by atoms with Crippen LogP contribution in [-0.4, -0.2) is 24.8 Å². The Hall–Kier alpha value is -3.93. The molecule has 0 atom stereocenters. The standard InChI is InChI=1S/C23H19NO5/c1-16-2-10-20(11-3-16)29-21-12-8-19(9-13-21)24-22(26)15-28-23(27)18-6-4-17(14-25)5-7-18/h2-14H,15H2,1H3,(H,24,26). The topological polar surface area (TPSA) is 81.7 Å². The van der Waals surface area contributed by atoms with Crippen LogP contribution in [0.5, 0.6) is 11.5 Å². The highest BCUT2D eigenvalue weighted by atomic mass is 16.5. The van der Waals surface area contributed by atoms with E-state index in [0.29, 0.717) is 23.3 Å². The highest BCUT2D eigenvalue weighted by Gasteiger charge is 2.10. The number of ether oxygens (including phenoxy) is 2. The van der Waals surface area contributed by atoms with Crippen molar-refractivity contribution in [2.24, 2.45) is 0 Å². The second-order valence-corrected chi connectivity index (χ2v) is 6.30. The third kappa shape index (κ3) is 5.77. The van der Waals surface area contributed by atoms with Crippen molar-refractivity contribution >= 4 is 23.9 Å². The van der Waals surface area contributed by atoms with Gasteiger partial charge in [0.25, 0.3) is 5.91 Å². The van der Waals surface area contributed by atoms with Crippen molar-refractivity contribution in [1.29, 1.82) is 0 Å². The molecule has 3 aromatic carbocycles. The molecule has 1 N–H and O–H groups in total. The minimum Gasteiger partial charge on any atom is -0.457 e. The Kier molecular flexibility index (Phi) is 6.37. The SMILES string of the molecule is Cc1ccc(Oc2ccc(NC(=O)COC(=O)c3ccc(C=O)cc3)cc2)cc1. The molecule has 6 nitrogen and oxygen atoms in total. The maximum atomic E-state index is 12.0. The fourth-order valence-electron chi connectivity index (χ4n) is 2.46. The van der Waals surface area contributed by atoms with Crippen LogP contribution in [0.25, 0.3) is 0 Å². The molecular formula is C23H19NO5. The number of esters is 1. The Morgan fingerprint density at radius 2 is 1.45 bits per heavy atom. The van der Waals surface area contributed by atoms with Gasteiger partial charge >= 0.3 is 5.97 Å². The number of aldehydes is 1. The first kappa shape index (κ1) is 19.8. The zero-order valence-electron chi connectivity index (χ0n) is 15.8. The number of nitrogens with one attached hydrogen (secondary N) is 1. The largest absolute Gasteiger partial charge is 0.457 e. The average Bonchev–Trinajstić information content (AvgIpc) is 2.75. The van der Waals surface area contributed by atoms with Gasteiger partial charge in [-0.05, 0) is 55.5 Å². The molecule has 0 unspecified atom stereocenters. The number of rotatable bonds is 7. The summed E-state index contributed by atoms with van der Waals surface area (Å²) in [6.45, 7) is 1.58. The van der Waals surface area contributed by atoms with Gasteiger partial charge in [0.05, 0.1) is 5.56 Å². The van der Waals surface area contributed by atoms with Crippen molar-refractivity contribution in [2.75, 3.05) is 11.9 Å². The van der Waals surface area contributed by atoms with Crippen LogP contribution in [0.2, 0.25) is 0 Å².